The molecular weight excluding hydrogens is 596 g/mol. The van der Waals surface area contributed by atoms with Crippen molar-refractivity contribution in [2.75, 3.05) is 31.7 Å². The SMILES string of the molecule is CC1(CNC(=O)Nc2cc(F)c(Oc3ccnc4c3c(-c3ccc(F)c(F)c3)cn4COCC[Si](C)(C)C)c(F)c2)COC1. The van der Waals surface area contributed by atoms with Crippen LogP contribution in [0.25, 0.3) is 22.2 Å². The van der Waals surface area contributed by atoms with Gasteiger partial charge in [-0.15, -0.1) is 0 Å². The number of nitrogens with one attached hydrogen (secondary N) is 2. The zero-order valence-electron chi connectivity index (χ0n) is 24.9. The van der Waals surface area contributed by atoms with E-state index in [0.717, 1.165) is 30.3 Å². The maximum Gasteiger partial charge on any atom is 0.319 e. The summed E-state index contributed by atoms with van der Waals surface area (Å²) in [6.45, 7) is 10.6. The molecule has 0 radical (unpaired) electrons. The summed E-state index contributed by atoms with van der Waals surface area (Å²) in [7, 11) is -1.35. The van der Waals surface area contributed by atoms with Gasteiger partial charge in [-0.05, 0) is 29.8 Å². The van der Waals surface area contributed by atoms with Crippen molar-refractivity contribution >= 4 is 30.8 Å². The first-order valence-electron chi connectivity index (χ1n) is 14.1. The lowest BCUT2D eigenvalue weighted by molar-refractivity contribution is -0.0974. The molecule has 0 spiro atoms. The lowest BCUT2D eigenvalue weighted by atomic mass is 9.89. The second-order valence-electron chi connectivity index (χ2n) is 12.5. The molecule has 0 atom stereocenters. The quantitative estimate of drug-likeness (QED) is 0.102. The minimum Gasteiger partial charge on any atom is -0.450 e. The predicted octanol–water partition coefficient (Wildman–Crippen LogP) is 7.52. The maximum atomic E-state index is 15.2. The van der Waals surface area contributed by atoms with Gasteiger partial charge < -0.3 is 29.4 Å². The molecule has 1 fully saturated rings. The summed E-state index contributed by atoms with van der Waals surface area (Å²) >= 11 is 0. The van der Waals surface area contributed by atoms with Gasteiger partial charge in [0.2, 0.25) is 0 Å². The van der Waals surface area contributed by atoms with E-state index in [0.29, 0.717) is 48.5 Å². The number of carbonyl (C=O) groups excluding carboxylic acids is 1. The Morgan fingerprint density at radius 2 is 1.77 bits per heavy atom. The van der Waals surface area contributed by atoms with E-state index in [4.69, 9.17) is 14.2 Å². The van der Waals surface area contributed by atoms with Crippen LogP contribution in [0.15, 0.2) is 48.8 Å². The summed E-state index contributed by atoms with van der Waals surface area (Å²) in [5.41, 5.74) is 0.776. The highest BCUT2D eigenvalue weighted by Gasteiger charge is 2.33. The molecular formula is C31H34F4N4O4Si. The molecule has 0 saturated carbocycles. The van der Waals surface area contributed by atoms with E-state index in [-0.39, 0.29) is 23.6 Å². The highest BCUT2D eigenvalue weighted by atomic mass is 28.3. The molecule has 44 heavy (non-hydrogen) atoms. The lowest BCUT2D eigenvalue weighted by Crippen LogP contribution is -2.49. The topological polar surface area (TPSA) is 86.6 Å². The summed E-state index contributed by atoms with van der Waals surface area (Å²) < 4.78 is 77.0. The van der Waals surface area contributed by atoms with E-state index >= 15 is 8.78 Å². The molecule has 0 unspecified atom stereocenters. The van der Waals surface area contributed by atoms with Crippen molar-refractivity contribution in [1.29, 1.82) is 0 Å². The van der Waals surface area contributed by atoms with Crippen LogP contribution in [-0.4, -0.2) is 50.0 Å². The number of fused-ring (bicyclic) bond motifs is 1. The average Bonchev–Trinajstić information content (AvgIpc) is 3.31. The number of nitrogens with zero attached hydrogens (tertiary/aromatic N) is 2. The van der Waals surface area contributed by atoms with Crippen LogP contribution in [0.5, 0.6) is 11.5 Å². The van der Waals surface area contributed by atoms with Gasteiger partial charge in [0.1, 0.15) is 18.1 Å². The van der Waals surface area contributed by atoms with E-state index < -0.39 is 43.1 Å². The summed E-state index contributed by atoms with van der Waals surface area (Å²) in [6.07, 6.45) is 3.06. The van der Waals surface area contributed by atoms with Gasteiger partial charge in [-0.25, -0.2) is 27.3 Å². The van der Waals surface area contributed by atoms with Crippen molar-refractivity contribution in [1.82, 2.24) is 14.9 Å². The minimum atomic E-state index is -1.35. The third kappa shape index (κ3) is 7.22. The predicted molar refractivity (Wildman–Crippen MR) is 162 cm³/mol. The number of pyridine rings is 1. The molecule has 0 bridgehead atoms. The first-order valence-corrected chi connectivity index (χ1v) is 17.8. The molecule has 234 valence electrons. The van der Waals surface area contributed by atoms with Gasteiger partial charge in [-0.2, -0.15) is 0 Å². The molecule has 1 aliphatic rings. The van der Waals surface area contributed by atoms with Crippen LogP contribution in [0, 0.1) is 28.7 Å². The third-order valence-electron chi connectivity index (χ3n) is 7.22. The number of hydrogen-bond donors (Lipinski definition) is 2. The molecule has 1 saturated heterocycles. The molecule has 1 aliphatic heterocycles. The average molecular weight is 631 g/mol. The highest BCUT2D eigenvalue weighted by molar-refractivity contribution is 6.76. The van der Waals surface area contributed by atoms with Crippen molar-refractivity contribution < 1.29 is 36.6 Å². The van der Waals surface area contributed by atoms with Crippen molar-refractivity contribution in [3.63, 3.8) is 0 Å². The fourth-order valence-corrected chi connectivity index (χ4v) is 5.41. The number of hydrogen-bond acceptors (Lipinski definition) is 5. The van der Waals surface area contributed by atoms with Gasteiger partial charge in [0.15, 0.2) is 29.0 Å². The van der Waals surface area contributed by atoms with Gasteiger partial charge in [-0.1, -0.05) is 32.6 Å². The van der Waals surface area contributed by atoms with E-state index in [2.05, 4.69) is 35.3 Å². The number of rotatable bonds is 11. The van der Waals surface area contributed by atoms with Crippen LogP contribution < -0.4 is 15.4 Å². The van der Waals surface area contributed by atoms with Crippen molar-refractivity contribution in [3.8, 4) is 22.6 Å². The number of carbonyl (C=O) groups is 1. The largest absolute Gasteiger partial charge is 0.450 e. The van der Waals surface area contributed by atoms with Gasteiger partial charge >= 0.3 is 6.03 Å². The van der Waals surface area contributed by atoms with Crippen LogP contribution in [0.4, 0.5) is 28.0 Å². The molecule has 0 aliphatic carbocycles. The molecule has 3 heterocycles. The summed E-state index contributed by atoms with van der Waals surface area (Å²) in [5.74, 6) is -4.87. The van der Waals surface area contributed by atoms with Crippen LogP contribution in [0.1, 0.15) is 6.92 Å². The molecule has 5 rings (SSSR count). The second-order valence-corrected chi connectivity index (χ2v) is 18.1. The molecule has 2 N–H and O–H groups in total. The van der Waals surface area contributed by atoms with Crippen LogP contribution in [-0.2, 0) is 16.2 Å². The van der Waals surface area contributed by atoms with Gasteiger partial charge in [-0.3, -0.25) is 0 Å². The Bertz CT molecular complexity index is 1660. The van der Waals surface area contributed by atoms with E-state index in [1.54, 1.807) is 10.8 Å². The van der Waals surface area contributed by atoms with E-state index in [1.807, 2.05) is 6.92 Å². The number of aromatic nitrogens is 2. The Labute approximate surface area is 253 Å². The summed E-state index contributed by atoms with van der Waals surface area (Å²) in [5, 5.41) is 5.42. The highest BCUT2D eigenvalue weighted by Crippen LogP contribution is 2.40. The smallest absolute Gasteiger partial charge is 0.319 e. The van der Waals surface area contributed by atoms with Crippen LogP contribution >= 0.6 is 0 Å². The van der Waals surface area contributed by atoms with Crippen LogP contribution in [0.3, 0.4) is 0 Å². The third-order valence-corrected chi connectivity index (χ3v) is 8.93. The number of amides is 2. The summed E-state index contributed by atoms with van der Waals surface area (Å²) in [4.78, 5) is 16.7. The number of ether oxygens (including phenoxy) is 3. The van der Waals surface area contributed by atoms with Crippen LogP contribution in [0.2, 0.25) is 25.7 Å². The fraction of sp³-hybridized carbons (Fsp3) is 0.355. The zero-order chi connectivity index (χ0) is 31.6. The van der Waals surface area contributed by atoms with Gasteiger partial charge in [0.05, 0.1) is 18.6 Å². The van der Waals surface area contributed by atoms with Gasteiger partial charge in [0, 0.05) is 62.4 Å². The zero-order valence-corrected chi connectivity index (χ0v) is 25.9. The van der Waals surface area contributed by atoms with E-state index in [9.17, 15) is 13.6 Å². The molecule has 8 nitrogen and oxygen atoms in total. The normalized spacial score (nSPS) is 14.4. The van der Waals surface area contributed by atoms with Crippen molar-refractivity contribution in [2.24, 2.45) is 5.41 Å². The van der Waals surface area contributed by atoms with Crippen molar-refractivity contribution in [2.45, 2.75) is 39.3 Å². The molecule has 13 heteroatoms. The summed E-state index contributed by atoms with van der Waals surface area (Å²) in [6, 6.07) is 7.04. The minimum absolute atomic E-state index is 0.0304. The number of benzene rings is 2. The Morgan fingerprint density at radius 1 is 1.05 bits per heavy atom. The number of anilines is 1. The Kier molecular flexibility index (Phi) is 9.00. The van der Waals surface area contributed by atoms with Gasteiger partial charge in [0.25, 0.3) is 0 Å². The second kappa shape index (κ2) is 12.6. The first kappa shape index (κ1) is 31.5. The molecule has 4 aromatic rings. The lowest BCUT2D eigenvalue weighted by Gasteiger charge is -2.37. The monoisotopic (exact) mass is 630 g/mol. The maximum absolute atomic E-state index is 15.2. The van der Waals surface area contributed by atoms with Crippen molar-refractivity contribution in [3.05, 3.63) is 72.1 Å². The van der Waals surface area contributed by atoms with E-state index in [1.165, 1.54) is 18.3 Å². The number of halogens is 4. The Balaban J connectivity index is 1.43. The fourth-order valence-electron chi connectivity index (χ4n) is 4.65. The number of urea groups is 1. The molecule has 2 amide bonds. The Morgan fingerprint density at radius 3 is 2.41 bits per heavy atom. The Hall–Kier alpha value is -3.94. The first-order chi connectivity index (χ1) is 20.8. The standard InChI is InChI=1S/C31H34F4N4O4Si/c1-31(16-42-17-31)15-37-30(40)38-20-12-24(34)28(25(35)13-20)43-26-7-8-36-29-27(26)21(19-5-6-22(32)23(33)11-19)14-39(29)18-41-9-10-44(2,3)4/h5-8,11-14H,9-10,15-18H2,1-4H3,(H2,37,38,40). The molecule has 2 aromatic carbocycles. The molecule has 2 aromatic heterocycles.